The average Bonchev–Trinajstić information content (AvgIpc) is 2.59. The number of carbonyl (C=O) groups excluding carboxylic acids is 1. The summed E-state index contributed by atoms with van der Waals surface area (Å²) >= 11 is 5.87. The van der Waals surface area contributed by atoms with Gasteiger partial charge in [0.25, 0.3) is 0 Å². The molecule has 1 N–H and O–H groups in total. The van der Waals surface area contributed by atoms with E-state index in [0.29, 0.717) is 21.9 Å². The summed E-state index contributed by atoms with van der Waals surface area (Å²) < 4.78 is 42.8. The molecule has 0 spiro atoms. The lowest BCUT2D eigenvalue weighted by Gasteiger charge is -2.10. The SMILES string of the molecule is CCOC(=O)N/N=C(/Cc1ccc(C(F)(F)F)cc1)c1ccc(Cl)cc1. The van der Waals surface area contributed by atoms with Crippen LogP contribution in [0.15, 0.2) is 53.6 Å². The standard InChI is InChI=1S/C18H16ClF3N2O2/c1-2-26-17(25)24-23-16(13-5-9-15(19)10-6-13)11-12-3-7-14(8-4-12)18(20,21)22/h3-10H,2,11H2,1H3,(H,24,25)/b23-16-. The molecule has 0 atom stereocenters. The smallest absolute Gasteiger partial charge is 0.427 e. The first-order valence-electron chi connectivity index (χ1n) is 7.71. The van der Waals surface area contributed by atoms with E-state index in [4.69, 9.17) is 16.3 Å². The summed E-state index contributed by atoms with van der Waals surface area (Å²) in [5.41, 5.74) is 3.27. The minimum absolute atomic E-state index is 0.191. The highest BCUT2D eigenvalue weighted by Gasteiger charge is 2.29. The number of nitrogens with one attached hydrogen (secondary N) is 1. The second-order valence-corrected chi connectivity index (χ2v) is 5.71. The van der Waals surface area contributed by atoms with Crippen molar-refractivity contribution in [1.82, 2.24) is 5.43 Å². The molecule has 2 aromatic carbocycles. The molecule has 0 saturated carbocycles. The molecule has 138 valence electrons. The maximum Gasteiger partial charge on any atom is 0.427 e. The molecule has 0 aliphatic carbocycles. The predicted octanol–water partition coefficient (Wildman–Crippen LogP) is 5.05. The summed E-state index contributed by atoms with van der Waals surface area (Å²) in [5.74, 6) is 0. The molecule has 2 rings (SSSR count). The lowest BCUT2D eigenvalue weighted by molar-refractivity contribution is -0.137. The van der Waals surface area contributed by atoms with Crippen molar-refractivity contribution in [3.05, 3.63) is 70.2 Å². The fraction of sp³-hybridized carbons (Fsp3) is 0.222. The van der Waals surface area contributed by atoms with Gasteiger partial charge in [0.2, 0.25) is 0 Å². The molecular weight excluding hydrogens is 369 g/mol. The van der Waals surface area contributed by atoms with Crippen LogP contribution in [0.1, 0.15) is 23.6 Å². The monoisotopic (exact) mass is 384 g/mol. The van der Waals surface area contributed by atoms with Crippen LogP contribution in [0.2, 0.25) is 5.02 Å². The van der Waals surface area contributed by atoms with Gasteiger partial charge in [0.05, 0.1) is 17.9 Å². The van der Waals surface area contributed by atoms with Crippen LogP contribution in [0.4, 0.5) is 18.0 Å². The maximum absolute atomic E-state index is 12.7. The Kier molecular flexibility index (Phi) is 6.63. The third-order valence-electron chi connectivity index (χ3n) is 3.39. The van der Waals surface area contributed by atoms with Crippen LogP contribution in [0, 0.1) is 0 Å². The summed E-state index contributed by atoms with van der Waals surface area (Å²) in [6.07, 6.45) is -4.89. The fourth-order valence-corrected chi connectivity index (χ4v) is 2.26. The van der Waals surface area contributed by atoms with Gasteiger partial charge >= 0.3 is 12.3 Å². The van der Waals surface area contributed by atoms with Crippen molar-refractivity contribution >= 4 is 23.4 Å². The van der Waals surface area contributed by atoms with Crippen molar-refractivity contribution in [2.75, 3.05) is 6.61 Å². The Labute approximate surface area is 153 Å². The van der Waals surface area contributed by atoms with Gasteiger partial charge in [-0.15, -0.1) is 0 Å². The first kappa shape index (κ1) is 19.8. The van der Waals surface area contributed by atoms with Crippen molar-refractivity contribution in [3.63, 3.8) is 0 Å². The largest absolute Gasteiger partial charge is 0.449 e. The Morgan fingerprint density at radius 2 is 1.73 bits per heavy atom. The second kappa shape index (κ2) is 8.71. The van der Waals surface area contributed by atoms with Gasteiger partial charge in [-0.05, 0) is 42.3 Å². The van der Waals surface area contributed by atoms with Crippen molar-refractivity contribution in [3.8, 4) is 0 Å². The zero-order chi connectivity index (χ0) is 19.2. The Morgan fingerprint density at radius 1 is 1.12 bits per heavy atom. The minimum atomic E-state index is -4.39. The topological polar surface area (TPSA) is 50.7 Å². The normalized spacial score (nSPS) is 12.0. The number of benzene rings is 2. The van der Waals surface area contributed by atoms with Crippen LogP contribution < -0.4 is 5.43 Å². The van der Waals surface area contributed by atoms with Gasteiger partial charge in [0, 0.05) is 11.4 Å². The summed E-state index contributed by atoms with van der Waals surface area (Å²) in [7, 11) is 0. The van der Waals surface area contributed by atoms with Crippen molar-refractivity contribution in [2.45, 2.75) is 19.5 Å². The van der Waals surface area contributed by atoms with Crippen LogP contribution in [0.5, 0.6) is 0 Å². The maximum atomic E-state index is 12.7. The van der Waals surface area contributed by atoms with Crippen LogP contribution >= 0.6 is 11.6 Å². The number of halogens is 4. The molecule has 0 aliphatic heterocycles. The van der Waals surface area contributed by atoms with Crippen molar-refractivity contribution in [1.29, 1.82) is 0 Å². The first-order chi connectivity index (χ1) is 12.3. The van der Waals surface area contributed by atoms with Crippen LogP contribution in [-0.2, 0) is 17.3 Å². The highest BCUT2D eigenvalue weighted by atomic mass is 35.5. The molecule has 0 heterocycles. The summed E-state index contributed by atoms with van der Waals surface area (Å²) in [6, 6.07) is 11.5. The van der Waals surface area contributed by atoms with E-state index in [9.17, 15) is 18.0 Å². The number of ether oxygens (including phenoxy) is 1. The number of hydrogen-bond donors (Lipinski definition) is 1. The number of hydrogen-bond acceptors (Lipinski definition) is 3. The van der Waals surface area contributed by atoms with Gasteiger partial charge in [0.1, 0.15) is 0 Å². The molecule has 0 aliphatic rings. The molecule has 0 fully saturated rings. The quantitative estimate of drug-likeness (QED) is 0.579. The van der Waals surface area contributed by atoms with Gasteiger partial charge in [-0.1, -0.05) is 35.9 Å². The Morgan fingerprint density at radius 3 is 2.27 bits per heavy atom. The van der Waals surface area contributed by atoms with Crippen LogP contribution in [-0.4, -0.2) is 18.4 Å². The Bertz CT molecular complexity index is 773. The van der Waals surface area contributed by atoms with Gasteiger partial charge in [-0.3, -0.25) is 0 Å². The first-order valence-corrected chi connectivity index (χ1v) is 8.08. The van der Waals surface area contributed by atoms with E-state index in [1.54, 1.807) is 31.2 Å². The van der Waals surface area contributed by atoms with E-state index in [2.05, 4.69) is 10.5 Å². The lowest BCUT2D eigenvalue weighted by Crippen LogP contribution is -2.22. The minimum Gasteiger partial charge on any atom is -0.449 e. The van der Waals surface area contributed by atoms with E-state index in [-0.39, 0.29) is 13.0 Å². The third kappa shape index (κ3) is 5.77. The highest BCUT2D eigenvalue weighted by molar-refractivity contribution is 6.30. The molecule has 0 unspecified atom stereocenters. The molecule has 0 saturated heterocycles. The predicted molar refractivity (Wildman–Crippen MR) is 93.3 cm³/mol. The van der Waals surface area contributed by atoms with Gasteiger partial charge in [-0.25, -0.2) is 10.2 Å². The highest BCUT2D eigenvalue weighted by Crippen LogP contribution is 2.29. The van der Waals surface area contributed by atoms with Crippen molar-refractivity contribution < 1.29 is 22.7 Å². The number of rotatable bonds is 5. The molecule has 2 aromatic rings. The number of hydrazone groups is 1. The molecule has 0 radical (unpaired) electrons. The zero-order valence-electron chi connectivity index (χ0n) is 13.8. The fourth-order valence-electron chi connectivity index (χ4n) is 2.13. The molecule has 8 heteroatoms. The van der Waals surface area contributed by atoms with E-state index < -0.39 is 17.8 Å². The van der Waals surface area contributed by atoms with E-state index in [1.165, 1.54) is 12.1 Å². The lowest BCUT2D eigenvalue weighted by atomic mass is 10.0. The van der Waals surface area contributed by atoms with E-state index in [1.807, 2.05) is 0 Å². The van der Waals surface area contributed by atoms with Gasteiger partial charge in [-0.2, -0.15) is 18.3 Å². The zero-order valence-corrected chi connectivity index (χ0v) is 14.6. The molecule has 0 bridgehead atoms. The van der Waals surface area contributed by atoms with Crippen LogP contribution in [0.25, 0.3) is 0 Å². The second-order valence-electron chi connectivity index (χ2n) is 5.27. The average molecular weight is 385 g/mol. The van der Waals surface area contributed by atoms with Gasteiger partial charge in [0.15, 0.2) is 0 Å². The Balaban J connectivity index is 2.24. The van der Waals surface area contributed by atoms with Gasteiger partial charge < -0.3 is 4.74 Å². The summed E-state index contributed by atoms with van der Waals surface area (Å²) in [5, 5.41) is 4.56. The molecule has 26 heavy (non-hydrogen) atoms. The number of alkyl halides is 3. The van der Waals surface area contributed by atoms with Crippen LogP contribution in [0.3, 0.4) is 0 Å². The number of nitrogens with zero attached hydrogens (tertiary/aromatic N) is 1. The summed E-state index contributed by atoms with van der Waals surface area (Å²) in [6.45, 7) is 1.85. The Hall–Kier alpha value is -2.54. The van der Waals surface area contributed by atoms with Crippen molar-refractivity contribution in [2.24, 2.45) is 5.10 Å². The number of amides is 1. The molecule has 4 nitrogen and oxygen atoms in total. The molecular formula is C18H16ClF3N2O2. The molecule has 0 aromatic heterocycles. The number of carbonyl (C=O) groups is 1. The van der Waals surface area contributed by atoms with E-state index in [0.717, 1.165) is 12.1 Å². The third-order valence-corrected chi connectivity index (χ3v) is 3.64. The summed E-state index contributed by atoms with van der Waals surface area (Å²) in [4.78, 5) is 11.5. The molecule has 1 amide bonds. The van der Waals surface area contributed by atoms with E-state index >= 15 is 0 Å².